The Hall–Kier alpha value is -2.45. The molecule has 1 fully saturated rings. The third kappa shape index (κ3) is 2.95. The van der Waals surface area contributed by atoms with Crippen molar-refractivity contribution in [3.05, 3.63) is 56.5 Å². The quantitative estimate of drug-likeness (QED) is 0.381. The van der Waals surface area contributed by atoms with Crippen LogP contribution in [0.2, 0.25) is 5.02 Å². The number of anilines is 1. The van der Waals surface area contributed by atoms with Crippen LogP contribution in [0.5, 0.6) is 0 Å². The van der Waals surface area contributed by atoms with Gasteiger partial charge in [0.15, 0.2) is 5.78 Å². The topological polar surface area (TPSA) is 80.8 Å². The van der Waals surface area contributed by atoms with Crippen LogP contribution in [0, 0.1) is 16.0 Å². The van der Waals surface area contributed by atoms with E-state index in [0.29, 0.717) is 47.3 Å². The van der Waals surface area contributed by atoms with Gasteiger partial charge in [0, 0.05) is 35.0 Å². The van der Waals surface area contributed by atoms with Crippen LogP contribution in [-0.2, 0) is 0 Å². The first-order chi connectivity index (χ1) is 12.5. The lowest BCUT2D eigenvalue weighted by Crippen LogP contribution is -2.37. The Kier molecular flexibility index (Phi) is 4.37. The molecule has 0 unspecified atom stereocenters. The van der Waals surface area contributed by atoms with E-state index in [4.69, 9.17) is 11.6 Å². The van der Waals surface area contributed by atoms with E-state index < -0.39 is 4.92 Å². The molecule has 3 aromatic rings. The first kappa shape index (κ1) is 17.0. The molecule has 4 rings (SSSR count). The normalized spacial score (nSPS) is 15.5. The molecule has 0 atom stereocenters. The number of imidazole rings is 1. The predicted molar refractivity (Wildman–Crippen MR) is 100 cm³/mol. The molecule has 3 heterocycles. The molecule has 26 heavy (non-hydrogen) atoms. The summed E-state index contributed by atoms with van der Waals surface area (Å²) in [6, 6.07) is 6.91. The summed E-state index contributed by atoms with van der Waals surface area (Å²) in [5.41, 5.74) is 0.654. The number of nitro groups is 1. The van der Waals surface area contributed by atoms with Gasteiger partial charge in [-0.25, -0.2) is 0 Å². The number of carbonyl (C=O) groups is 1. The second-order valence-corrected chi connectivity index (χ2v) is 7.51. The second kappa shape index (κ2) is 6.69. The molecular weight excluding hydrogens is 376 g/mol. The van der Waals surface area contributed by atoms with E-state index in [-0.39, 0.29) is 17.5 Å². The number of ketones is 1. The maximum absolute atomic E-state index is 12.6. The highest BCUT2D eigenvalue weighted by Crippen LogP contribution is 2.34. The van der Waals surface area contributed by atoms with Crippen molar-refractivity contribution < 1.29 is 9.72 Å². The fourth-order valence-corrected chi connectivity index (χ4v) is 4.18. The van der Waals surface area contributed by atoms with Gasteiger partial charge in [-0.15, -0.1) is 0 Å². The van der Waals surface area contributed by atoms with Gasteiger partial charge in [-0.05, 0) is 42.0 Å². The van der Waals surface area contributed by atoms with Gasteiger partial charge in [-0.2, -0.15) is 9.38 Å². The van der Waals surface area contributed by atoms with E-state index in [1.807, 2.05) is 4.90 Å². The molecule has 0 spiro atoms. The van der Waals surface area contributed by atoms with Crippen LogP contribution in [0.15, 0.2) is 35.8 Å². The van der Waals surface area contributed by atoms with Gasteiger partial charge in [0.1, 0.15) is 6.20 Å². The molecule has 1 aliphatic heterocycles. The molecule has 7 nitrogen and oxygen atoms in total. The highest BCUT2D eigenvalue weighted by molar-refractivity contribution is 7.15. The number of carbonyl (C=O) groups excluding carboxylic acids is 1. The summed E-state index contributed by atoms with van der Waals surface area (Å²) in [6.45, 7) is 1.13. The highest BCUT2D eigenvalue weighted by atomic mass is 35.5. The third-order valence-electron chi connectivity index (χ3n) is 4.69. The van der Waals surface area contributed by atoms with Gasteiger partial charge < -0.3 is 15.0 Å². The molecule has 0 aliphatic carbocycles. The fourth-order valence-electron chi connectivity index (χ4n) is 3.35. The van der Waals surface area contributed by atoms with E-state index in [9.17, 15) is 14.9 Å². The lowest BCUT2D eigenvalue weighted by atomic mass is 9.89. The summed E-state index contributed by atoms with van der Waals surface area (Å²) in [4.78, 5) is 30.7. The summed E-state index contributed by atoms with van der Waals surface area (Å²) in [7, 11) is 0. The monoisotopic (exact) mass is 390 g/mol. The van der Waals surface area contributed by atoms with Crippen molar-refractivity contribution in [1.82, 2.24) is 9.38 Å². The van der Waals surface area contributed by atoms with Gasteiger partial charge in [0.05, 0.1) is 0 Å². The molecule has 134 valence electrons. The second-order valence-electron chi connectivity index (χ2n) is 6.20. The van der Waals surface area contributed by atoms with E-state index in [1.165, 1.54) is 15.7 Å². The first-order valence-electron chi connectivity index (χ1n) is 8.19. The van der Waals surface area contributed by atoms with Crippen LogP contribution in [-0.4, -0.2) is 33.2 Å². The standard InChI is InChI=1S/C17H15ClN4O3S/c18-13-3-1-11(2-4-13)14(23)12-5-7-20(8-6-12)15-16(22(24)25)21-9-10-26-17(21)19-15/h1-4,9-10,12H,5-8H2. The Morgan fingerprint density at radius 2 is 1.96 bits per heavy atom. The van der Waals surface area contributed by atoms with Crippen LogP contribution in [0.3, 0.4) is 0 Å². The van der Waals surface area contributed by atoms with Crippen molar-refractivity contribution in [2.75, 3.05) is 18.0 Å². The number of rotatable bonds is 4. The average Bonchev–Trinajstić information content (AvgIpc) is 3.22. The van der Waals surface area contributed by atoms with E-state index in [2.05, 4.69) is 4.98 Å². The molecule has 0 amide bonds. The Labute approximate surface area is 158 Å². The van der Waals surface area contributed by atoms with E-state index in [1.54, 1.807) is 35.8 Å². The van der Waals surface area contributed by atoms with Crippen LogP contribution in [0.25, 0.3) is 4.96 Å². The van der Waals surface area contributed by atoms with Crippen molar-refractivity contribution in [1.29, 1.82) is 0 Å². The molecule has 0 radical (unpaired) electrons. The summed E-state index contributed by atoms with van der Waals surface area (Å²) in [5.74, 6) is 0.389. The number of benzene rings is 1. The Morgan fingerprint density at radius 3 is 2.62 bits per heavy atom. The number of hydrogen-bond donors (Lipinski definition) is 0. The number of nitrogens with zero attached hydrogens (tertiary/aromatic N) is 4. The number of fused-ring (bicyclic) bond motifs is 1. The van der Waals surface area contributed by atoms with Gasteiger partial charge in [0.25, 0.3) is 4.96 Å². The van der Waals surface area contributed by atoms with Gasteiger partial charge >= 0.3 is 5.82 Å². The first-order valence-corrected chi connectivity index (χ1v) is 9.45. The third-order valence-corrected chi connectivity index (χ3v) is 5.69. The van der Waals surface area contributed by atoms with Gasteiger partial charge in [-0.1, -0.05) is 22.9 Å². The zero-order valence-electron chi connectivity index (χ0n) is 13.7. The molecular formula is C17H15ClN4O3S. The molecule has 9 heteroatoms. The minimum absolute atomic E-state index is 0.0104. The zero-order valence-corrected chi connectivity index (χ0v) is 15.2. The zero-order chi connectivity index (χ0) is 18.3. The largest absolute Gasteiger partial charge is 0.373 e. The average molecular weight is 391 g/mol. The minimum Gasteiger partial charge on any atom is -0.358 e. The summed E-state index contributed by atoms with van der Waals surface area (Å²) in [6.07, 6.45) is 2.94. The molecule has 1 aliphatic rings. The maximum atomic E-state index is 12.6. The summed E-state index contributed by atoms with van der Waals surface area (Å²) < 4.78 is 1.50. The lowest BCUT2D eigenvalue weighted by molar-refractivity contribution is -0.389. The summed E-state index contributed by atoms with van der Waals surface area (Å²) in [5, 5.41) is 13.9. The lowest BCUT2D eigenvalue weighted by Gasteiger charge is -2.31. The smallest absolute Gasteiger partial charge is 0.358 e. The Morgan fingerprint density at radius 1 is 1.27 bits per heavy atom. The number of thiazole rings is 1. The van der Waals surface area contributed by atoms with Crippen molar-refractivity contribution in [3.63, 3.8) is 0 Å². The number of piperidine rings is 1. The van der Waals surface area contributed by atoms with Crippen LogP contribution in [0.1, 0.15) is 23.2 Å². The van der Waals surface area contributed by atoms with Crippen molar-refractivity contribution in [2.45, 2.75) is 12.8 Å². The molecule has 1 saturated heterocycles. The van der Waals surface area contributed by atoms with Crippen molar-refractivity contribution in [2.24, 2.45) is 5.92 Å². The molecule has 1 aromatic carbocycles. The van der Waals surface area contributed by atoms with Crippen molar-refractivity contribution >= 4 is 45.3 Å². The van der Waals surface area contributed by atoms with E-state index >= 15 is 0 Å². The Balaban J connectivity index is 1.51. The van der Waals surface area contributed by atoms with Gasteiger partial charge in [-0.3, -0.25) is 4.79 Å². The highest BCUT2D eigenvalue weighted by Gasteiger charge is 2.32. The maximum Gasteiger partial charge on any atom is 0.373 e. The SMILES string of the molecule is O=C(c1ccc(Cl)cc1)C1CCN(c2nc3sccn3c2[N+](=O)[O-])CC1. The number of Topliss-reactive ketones (excluding diaryl/α,β-unsaturated/α-hetero) is 1. The predicted octanol–water partition coefficient (Wildman–Crippen LogP) is 4.06. The van der Waals surface area contributed by atoms with Crippen molar-refractivity contribution in [3.8, 4) is 0 Å². The molecule has 0 bridgehead atoms. The molecule has 2 aromatic heterocycles. The molecule has 0 saturated carbocycles. The number of halogens is 1. The van der Waals surface area contributed by atoms with E-state index in [0.717, 1.165) is 0 Å². The number of hydrogen-bond acceptors (Lipinski definition) is 6. The van der Waals surface area contributed by atoms with Crippen LogP contribution in [0.4, 0.5) is 11.6 Å². The number of aromatic nitrogens is 2. The Bertz CT molecular complexity index is 974. The minimum atomic E-state index is -0.396. The van der Waals surface area contributed by atoms with Crippen LogP contribution >= 0.6 is 22.9 Å². The van der Waals surface area contributed by atoms with Crippen LogP contribution < -0.4 is 4.90 Å². The summed E-state index contributed by atoms with van der Waals surface area (Å²) >= 11 is 7.24. The molecule has 0 N–H and O–H groups in total. The van der Waals surface area contributed by atoms with Gasteiger partial charge in [0.2, 0.25) is 5.82 Å². The fraction of sp³-hybridized carbons (Fsp3) is 0.294.